The molecule has 1 aliphatic rings. The number of halogens is 2. The van der Waals surface area contributed by atoms with Gasteiger partial charge in [-0.05, 0) is 36.5 Å². The standard InChI is InChI=1S/C15H23F2N3/c1-10(2)13-6-11(8-18-12-4-5-12)7-15(19-13)20(3)9-14(16)17/h6-7,10,12,14,18H,4-5,8-9H2,1-3H3. The Morgan fingerprint density at radius 1 is 1.35 bits per heavy atom. The molecule has 1 aliphatic carbocycles. The largest absolute Gasteiger partial charge is 0.354 e. The predicted octanol–water partition coefficient (Wildman–Crippen LogP) is 3.16. The van der Waals surface area contributed by atoms with Crippen LogP contribution in [0, 0.1) is 0 Å². The summed E-state index contributed by atoms with van der Waals surface area (Å²) < 4.78 is 25.0. The van der Waals surface area contributed by atoms with Gasteiger partial charge in [-0.2, -0.15) is 0 Å². The molecule has 112 valence electrons. The summed E-state index contributed by atoms with van der Waals surface area (Å²) in [5, 5.41) is 3.45. The number of pyridine rings is 1. The summed E-state index contributed by atoms with van der Waals surface area (Å²) in [5.74, 6) is 0.915. The SMILES string of the molecule is CC(C)c1cc(CNC2CC2)cc(N(C)CC(F)F)n1. The minimum absolute atomic E-state index is 0.287. The van der Waals surface area contributed by atoms with Gasteiger partial charge < -0.3 is 10.2 Å². The maximum atomic E-state index is 12.5. The molecule has 0 atom stereocenters. The lowest BCUT2D eigenvalue weighted by molar-refractivity contribution is 0.156. The van der Waals surface area contributed by atoms with Gasteiger partial charge in [0.15, 0.2) is 0 Å². The zero-order chi connectivity index (χ0) is 14.7. The molecule has 20 heavy (non-hydrogen) atoms. The molecule has 1 aromatic heterocycles. The number of anilines is 1. The molecule has 5 heteroatoms. The number of hydrogen-bond donors (Lipinski definition) is 1. The molecule has 1 aromatic rings. The van der Waals surface area contributed by atoms with Crippen molar-refractivity contribution < 1.29 is 8.78 Å². The molecule has 2 rings (SSSR count). The van der Waals surface area contributed by atoms with Crippen LogP contribution in [0.25, 0.3) is 0 Å². The van der Waals surface area contributed by atoms with Gasteiger partial charge in [0.05, 0.1) is 6.54 Å². The van der Waals surface area contributed by atoms with E-state index in [-0.39, 0.29) is 12.5 Å². The number of rotatable bonds is 7. The van der Waals surface area contributed by atoms with Gasteiger partial charge in [-0.15, -0.1) is 0 Å². The van der Waals surface area contributed by atoms with Gasteiger partial charge in [0.1, 0.15) is 5.82 Å². The van der Waals surface area contributed by atoms with E-state index in [0.29, 0.717) is 11.9 Å². The van der Waals surface area contributed by atoms with Crippen molar-refractivity contribution in [3.63, 3.8) is 0 Å². The van der Waals surface area contributed by atoms with E-state index >= 15 is 0 Å². The van der Waals surface area contributed by atoms with E-state index in [2.05, 4.69) is 30.2 Å². The summed E-state index contributed by atoms with van der Waals surface area (Å²) in [6, 6.07) is 4.61. The van der Waals surface area contributed by atoms with Gasteiger partial charge in [0.25, 0.3) is 6.43 Å². The lowest BCUT2D eigenvalue weighted by Crippen LogP contribution is -2.26. The van der Waals surface area contributed by atoms with Crippen LogP contribution in [0.2, 0.25) is 0 Å². The number of alkyl halides is 2. The van der Waals surface area contributed by atoms with E-state index in [0.717, 1.165) is 17.8 Å². The van der Waals surface area contributed by atoms with Crippen LogP contribution in [0.5, 0.6) is 0 Å². The summed E-state index contributed by atoms with van der Waals surface area (Å²) in [5.41, 5.74) is 2.07. The molecule has 1 saturated carbocycles. The summed E-state index contributed by atoms with van der Waals surface area (Å²) in [6.45, 7) is 4.63. The Balaban J connectivity index is 2.15. The van der Waals surface area contributed by atoms with Crippen LogP contribution >= 0.6 is 0 Å². The zero-order valence-corrected chi connectivity index (χ0v) is 12.4. The average Bonchev–Trinajstić information content (AvgIpc) is 3.19. The van der Waals surface area contributed by atoms with Gasteiger partial charge in [-0.3, -0.25) is 0 Å². The summed E-state index contributed by atoms with van der Waals surface area (Å²) in [6.07, 6.45) is 0.123. The van der Waals surface area contributed by atoms with E-state index in [4.69, 9.17) is 0 Å². The van der Waals surface area contributed by atoms with E-state index in [1.807, 2.05) is 6.07 Å². The lowest BCUT2D eigenvalue weighted by atomic mass is 10.1. The Bertz CT molecular complexity index is 445. The highest BCUT2D eigenvalue weighted by atomic mass is 19.3. The van der Waals surface area contributed by atoms with Gasteiger partial charge in [-0.25, -0.2) is 13.8 Å². The first-order valence-corrected chi connectivity index (χ1v) is 7.19. The molecule has 0 amide bonds. The molecular weight excluding hydrogens is 260 g/mol. The average molecular weight is 283 g/mol. The predicted molar refractivity (Wildman–Crippen MR) is 77.5 cm³/mol. The van der Waals surface area contributed by atoms with Crippen LogP contribution in [0.3, 0.4) is 0 Å². The molecule has 0 unspecified atom stereocenters. The number of nitrogens with zero attached hydrogens (tertiary/aromatic N) is 2. The molecule has 0 radical (unpaired) electrons. The zero-order valence-electron chi connectivity index (χ0n) is 12.4. The molecule has 0 aliphatic heterocycles. The molecule has 0 aromatic carbocycles. The smallest absolute Gasteiger partial charge is 0.255 e. The quantitative estimate of drug-likeness (QED) is 0.833. The lowest BCUT2D eigenvalue weighted by Gasteiger charge is -2.20. The van der Waals surface area contributed by atoms with Crippen LogP contribution in [0.1, 0.15) is 43.9 Å². The third kappa shape index (κ3) is 4.40. The Morgan fingerprint density at radius 3 is 2.60 bits per heavy atom. The first kappa shape index (κ1) is 15.2. The number of aromatic nitrogens is 1. The van der Waals surface area contributed by atoms with Gasteiger partial charge >= 0.3 is 0 Å². The monoisotopic (exact) mass is 283 g/mol. The first-order chi connectivity index (χ1) is 9.45. The van der Waals surface area contributed by atoms with Crippen LogP contribution in [0.4, 0.5) is 14.6 Å². The fraction of sp³-hybridized carbons (Fsp3) is 0.667. The molecule has 0 saturated heterocycles. The van der Waals surface area contributed by atoms with E-state index in [1.54, 1.807) is 7.05 Å². The summed E-state index contributed by atoms with van der Waals surface area (Å²) in [7, 11) is 1.66. The second-order valence-corrected chi connectivity index (χ2v) is 5.84. The van der Waals surface area contributed by atoms with Gasteiger partial charge in [0.2, 0.25) is 0 Å². The van der Waals surface area contributed by atoms with E-state index in [9.17, 15) is 8.78 Å². The first-order valence-electron chi connectivity index (χ1n) is 7.19. The maximum absolute atomic E-state index is 12.5. The minimum atomic E-state index is -2.35. The fourth-order valence-corrected chi connectivity index (χ4v) is 2.04. The molecule has 1 fully saturated rings. The van der Waals surface area contributed by atoms with E-state index < -0.39 is 6.43 Å². The molecule has 1 N–H and O–H groups in total. The van der Waals surface area contributed by atoms with Crippen molar-refractivity contribution in [1.82, 2.24) is 10.3 Å². The Hall–Kier alpha value is -1.23. The van der Waals surface area contributed by atoms with Crippen LogP contribution < -0.4 is 10.2 Å². The second-order valence-electron chi connectivity index (χ2n) is 5.84. The second kappa shape index (κ2) is 6.48. The van der Waals surface area contributed by atoms with Gasteiger partial charge in [0, 0.05) is 25.3 Å². The number of nitrogens with one attached hydrogen (secondary N) is 1. The molecule has 1 heterocycles. The third-order valence-electron chi connectivity index (χ3n) is 3.46. The van der Waals surface area contributed by atoms with Crippen molar-refractivity contribution in [1.29, 1.82) is 0 Å². The minimum Gasteiger partial charge on any atom is -0.354 e. The third-order valence-corrected chi connectivity index (χ3v) is 3.46. The summed E-state index contributed by atoms with van der Waals surface area (Å²) >= 11 is 0. The van der Waals surface area contributed by atoms with Gasteiger partial charge in [-0.1, -0.05) is 13.8 Å². The maximum Gasteiger partial charge on any atom is 0.255 e. The number of hydrogen-bond acceptors (Lipinski definition) is 3. The van der Waals surface area contributed by atoms with Crippen molar-refractivity contribution in [3.05, 3.63) is 23.4 Å². The van der Waals surface area contributed by atoms with Crippen molar-refractivity contribution in [2.24, 2.45) is 0 Å². The normalized spacial score (nSPS) is 15.2. The molecule has 0 bridgehead atoms. The summed E-state index contributed by atoms with van der Waals surface area (Å²) in [4.78, 5) is 6.02. The molecular formula is C15H23F2N3. The Kier molecular flexibility index (Phi) is 4.91. The van der Waals surface area contributed by atoms with Crippen LogP contribution in [-0.2, 0) is 6.54 Å². The highest BCUT2D eigenvalue weighted by molar-refractivity contribution is 5.42. The van der Waals surface area contributed by atoms with E-state index in [1.165, 1.54) is 17.7 Å². The highest BCUT2D eigenvalue weighted by Crippen LogP contribution is 2.22. The van der Waals surface area contributed by atoms with Crippen molar-refractivity contribution >= 4 is 5.82 Å². The molecule has 3 nitrogen and oxygen atoms in total. The van der Waals surface area contributed by atoms with Crippen molar-refractivity contribution in [2.45, 2.75) is 51.6 Å². The topological polar surface area (TPSA) is 28.2 Å². The molecule has 0 spiro atoms. The highest BCUT2D eigenvalue weighted by Gasteiger charge is 2.20. The van der Waals surface area contributed by atoms with Crippen LogP contribution in [0.15, 0.2) is 12.1 Å². The Morgan fingerprint density at radius 2 is 2.05 bits per heavy atom. The van der Waals surface area contributed by atoms with Crippen LogP contribution in [-0.4, -0.2) is 31.0 Å². The Labute approximate surface area is 119 Å². The fourth-order valence-electron chi connectivity index (χ4n) is 2.04. The van der Waals surface area contributed by atoms with Crippen molar-refractivity contribution in [3.8, 4) is 0 Å². The van der Waals surface area contributed by atoms with Crippen molar-refractivity contribution in [2.75, 3.05) is 18.5 Å².